The van der Waals surface area contributed by atoms with Crippen molar-refractivity contribution >= 4 is 11.3 Å². The highest BCUT2D eigenvalue weighted by Gasteiger charge is 2.33. The quantitative estimate of drug-likeness (QED) is 0.600. The van der Waals surface area contributed by atoms with Crippen molar-refractivity contribution in [3.05, 3.63) is 15.9 Å². The van der Waals surface area contributed by atoms with Gasteiger partial charge >= 0.3 is 6.18 Å². The summed E-state index contributed by atoms with van der Waals surface area (Å²) in [6, 6.07) is 0. The van der Waals surface area contributed by atoms with E-state index in [0.717, 1.165) is 21.3 Å². The van der Waals surface area contributed by atoms with Crippen LogP contribution in [0.1, 0.15) is 5.69 Å². The Labute approximate surface area is 71.0 Å². The first-order chi connectivity index (χ1) is 5.46. The number of alkyl halides is 3. The summed E-state index contributed by atoms with van der Waals surface area (Å²) < 4.78 is 37.5. The van der Waals surface area contributed by atoms with Gasteiger partial charge in [-0.3, -0.25) is 4.99 Å². The van der Waals surface area contributed by atoms with Crippen LogP contribution in [-0.4, -0.2) is 11.6 Å². The Bertz CT molecular complexity index is 333. The van der Waals surface area contributed by atoms with Gasteiger partial charge in [-0.15, -0.1) is 11.3 Å². The molecule has 0 atom stereocenters. The molecule has 0 spiro atoms. The van der Waals surface area contributed by atoms with Crippen molar-refractivity contribution in [2.75, 3.05) is 7.05 Å². The number of thiazole rings is 1. The summed E-state index contributed by atoms with van der Waals surface area (Å²) in [7, 11) is 2.81. The second-order valence-electron chi connectivity index (χ2n) is 2.18. The van der Waals surface area contributed by atoms with Crippen molar-refractivity contribution in [1.82, 2.24) is 4.57 Å². The van der Waals surface area contributed by atoms with Crippen LogP contribution in [0.15, 0.2) is 10.4 Å². The third-order valence-corrected chi connectivity index (χ3v) is 2.41. The predicted octanol–water partition coefficient (Wildman–Crippen LogP) is 1.64. The summed E-state index contributed by atoms with van der Waals surface area (Å²) in [6.07, 6.45) is -4.28. The molecule has 0 aliphatic heterocycles. The number of rotatable bonds is 0. The second-order valence-corrected chi connectivity index (χ2v) is 3.02. The second kappa shape index (κ2) is 2.93. The number of hydrogen-bond donors (Lipinski definition) is 0. The molecule has 0 bridgehead atoms. The van der Waals surface area contributed by atoms with Crippen molar-refractivity contribution in [1.29, 1.82) is 0 Å². The Kier molecular flexibility index (Phi) is 2.27. The van der Waals surface area contributed by atoms with Crippen molar-refractivity contribution in [2.45, 2.75) is 6.18 Å². The third kappa shape index (κ3) is 1.52. The van der Waals surface area contributed by atoms with Crippen LogP contribution in [0.2, 0.25) is 0 Å². The fraction of sp³-hybridized carbons (Fsp3) is 0.500. The minimum atomic E-state index is -4.28. The number of aromatic nitrogens is 1. The van der Waals surface area contributed by atoms with Gasteiger partial charge in [0.2, 0.25) is 0 Å². The first-order valence-corrected chi connectivity index (χ1v) is 3.99. The van der Waals surface area contributed by atoms with Crippen LogP contribution >= 0.6 is 11.3 Å². The maximum atomic E-state index is 12.1. The van der Waals surface area contributed by atoms with Crippen LogP contribution in [0.3, 0.4) is 0 Å². The molecule has 0 aliphatic carbocycles. The van der Waals surface area contributed by atoms with Crippen LogP contribution in [0.4, 0.5) is 13.2 Å². The molecule has 0 amide bonds. The van der Waals surface area contributed by atoms with E-state index in [1.807, 2.05) is 0 Å². The van der Waals surface area contributed by atoms with E-state index in [2.05, 4.69) is 4.99 Å². The highest BCUT2D eigenvalue weighted by molar-refractivity contribution is 7.07. The fourth-order valence-electron chi connectivity index (χ4n) is 0.829. The van der Waals surface area contributed by atoms with Crippen molar-refractivity contribution in [2.24, 2.45) is 12.0 Å². The van der Waals surface area contributed by atoms with Crippen LogP contribution in [0.5, 0.6) is 0 Å². The molecule has 0 saturated heterocycles. The van der Waals surface area contributed by atoms with E-state index in [-0.39, 0.29) is 0 Å². The van der Waals surface area contributed by atoms with E-state index >= 15 is 0 Å². The zero-order chi connectivity index (χ0) is 9.35. The zero-order valence-corrected chi connectivity index (χ0v) is 7.33. The molecule has 0 unspecified atom stereocenters. The molecule has 0 aromatic carbocycles. The normalized spacial score (nSPS) is 13.9. The molecule has 0 radical (unpaired) electrons. The minimum absolute atomic E-state index is 0.363. The largest absolute Gasteiger partial charge is 0.432 e. The molecule has 1 heterocycles. The molecule has 1 aromatic rings. The number of hydrogen-bond acceptors (Lipinski definition) is 2. The van der Waals surface area contributed by atoms with Crippen molar-refractivity contribution < 1.29 is 13.2 Å². The SMILES string of the molecule is C/N=c1\scc(C(F)(F)F)n1C. The van der Waals surface area contributed by atoms with Gasteiger partial charge in [-0.2, -0.15) is 13.2 Å². The molecule has 0 N–H and O–H groups in total. The minimum Gasteiger partial charge on any atom is -0.316 e. The first-order valence-electron chi connectivity index (χ1n) is 3.11. The maximum Gasteiger partial charge on any atom is 0.432 e. The fourth-order valence-corrected chi connectivity index (χ4v) is 1.70. The van der Waals surface area contributed by atoms with Gasteiger partial charge in [-0.05, 0) is 0 Å². The van der Waals surface area contributed by atoms with E-state index in [4.69, 9.17) is 0 Å². The zero-order valence-electron chi connectivity index (χ0n) is 6.51. The van der Waals surface area contributed by atoms with Gasteiger partial charge in [0.25, 0.3) is 0 Å². The predicted molar refractivity (Wildman–Crippen MR) is 39.8 cm³/mol. The Morgan fingerprint density at radius 1 is 1.50 bits per heavy atom. The molecule has 1 rings (SSSR count). The lowest BCUT2D eigenvalue weighted by molar-refractivity contribution is -0.143. The van der Waals surface area contributed by atoms with Gasteiger partial charge in [0.1, 0.15) is 5.69 Å². The Morgan fingerprint density at radius 3 is 2.33 bits per heavy atom. The van der Waals surface area contributed by atoms with Gasteiger partial charge in [-0.25, -0.2) is 0 Å². The van der Waals surface area contributed by atoms with Crippen LogP contribution in [-0.2, 0) is 13.2 Å². The van der Waals surface area contributed by atoms with Gasteiger partial charge in [0.15, 0.2) is 4.80 Å². The van der Waals surface area contributed by atoms with E-state index in [1.165, 1.54) is 14.1 Å². The van der Waals surface area contributed by atoms with Crippen LogP contribution in [0, 0.1) is 0 Å². The Hall–Kier alpha value is -0.780. The summed E-state index contributed by atoms with van der Waals surface area (Å²) in [5.41, 5.74) is -0.659. The summed E-state index contributed by atoms with van der Waals surface area (Å²) >= 11 is 0.979. The molecule has 2 nitrogen and oxygen atoms in total. The first kappa shape index (κ1) is 9.31. The van der Waals surface area contributed by atoms with Crippen molar-refractivity contribution in [3.63, 3.8) is 0 Å². The molecule has 6 heteroatoms. The topological polar surface area (TPSA) is 17.3 Å². The molecule has 0 fully saturated rings. The van der Waals surface area contributed by atoms with Gasteiger partial charge < -0.3 is 4.57 Å². The van der Waals surface area contributed by atoms with Gasteiger partial charge in [-0.1, -0.05) is 0 Å². The highest BCUT2D eigenvalue weighted by Crippen LogP contribution is 2.28. The monoisotopic (exact) mass is 196 g/mol. The highest BCUT2D eigenvalue weighted by atomic mass is 32.1. The average Bonchev–Trinajstić information content (AvgIpc) is 2.29. The molecule has 0 saturated carbocycles. The Balaban J connectivity index is 3.30. The number of nitrogens with zero attached hydrogens (tertiary/aromatic N) is 2. The number of halogens is 3. The summed E-state index contributed by atoms with van der Waals surface area (Å²) in [6.45, 7) is 0. The standard InChI is InChI=1S/C6H7F3N2S/c1-10-5-11(2)4(3-12-5)6(7,8)9/h3H,1-2H3/b10-5-. The molecule has 1 aromatic heterocycles. The van der Waals surface area contributed by atoms with E-state index in [1.54, 1.807) is 0 Å². The summed E-state index contributed by atoms with van der Waals surface area (Å²) in [4.78, 5) is 4.05. The van der Waals surface area contributed by atoms with Gasteiger partial charge in [0.05, 0.1) is 0 Å². The third-order valence-electron chi connectivity index (χ3n) is 1.41. The lowest BCUT2D eigenvalue weighted by Gasteiger charge is -2.05. The van der Waals surface area contributed by atoms with Gasteiger partial charge in [0, 0.05) is 19.5 Å². The molecular weight excluding hydrogens is 189 g/mol. The molecule has 0 aliphatic rings. The van der Waals surface area contributed by atoms with Crippen LogP contribution < -0.4 is 4.80 Å². The lowest BCUT2D eigenvalue weighted by atomic mass is 10.5. The molecular formula is C6H7F3N2S. The van der Waals surface area contributed by atoms with E-state index in [9.17, 15) is 13.2 Å². The lowest BCUT2D eigenvalue weighted by Crippen LogP contribution is -2.18. The molecule has 68 valence electrons. The van der Waals surface area contributed by atoms with E-state index in [0.29, 0.717) is 4.80 Å². The van der Waals surface area contributed by atoms with Crippen LogP contribution in [0.25, 0.3) is 0 Å². The summed E-state index contributed by atoms with van der Waals surface area (Å²) in [5, 5.41) is 1.06. The smallest absolute Gasteiger partial charge is 0.316 e. The Morgan fingerprint density at radius 2 is 2.08 bits per heavy atom. The summed E-state index contributed by atoms with van der Waals surface area (Å²) in [5.74, 6) is 0. The van der Waals surface area contributed by atoms with E-state index < -0.39 is 11.9 Å². The average molecular weight is 196 g/mol. The molecule has 12 heavy (non-hydrogen) atoms. The maximum absolute atomic E-state index is 12.1. The van der Waals surface area contributed by atoms with Crippen molar-refractivity contribution in [3.8, 4) is 0 Å².